The van der Waals surface area contributed by atoms with Crippen LogP contribution in [-0.4, -0.2) is 21.1 Å². The summed E-state index contributed by atoms with van der Waals surface area (Å²) in [5.74, 6) is 0.800. The number of aryl methyl sites for hydroxylation is 2. The van der Waals surface area contributed by atoms with Gasteiger partial charge in [0.25, 0.3) is 17.7 Å². The Hall–Kier alpha value is -3.74. The summed E-state index contributed by atoms with van der Waals surface area (Å²) in [6.07, 6.45) is 3.10. The van der Waals surface area contributed by atoms with Crippen LogP contribution in [-0.2, 0) is 0 Å². The molecular formula is C20H16N4O3. The molecule has 0 bridgehead atoms. The molecule has 0 spiro atoms. The highest BCUT2D eigenvalue weighted by Crippen LogP contribution is 2.24. The second kappa shape index (κ2) is 6.87. The quantitative estimate of drug-likeness (QED) is 0.584. The molecule has 0 atom stereocenters. The number of carbonyl (C=O) groups excluding carboxylic acids is 1. The van der Waals surface area contributed by atoms with Gasteiger partial charge in [0.15, 0.2) is 5.76 Å². The summed E-state index contributed by atoms with van der Waals surface area (Å²) < 4.78 is 10.8. The van der Waals surface area contributed by atoms with Crippen LogP contribution in [0.4, 0.5) is 5.69 Å². The van der Waals surface area contributed by atoms with Crippen LogP contribution >= 0.6 is 0 Å². The normalized spacial score (nSPS) is 10.7. The molecule has 0 saturated heterocycles. The minimum atomic E-state index is -0.185. The lowest BCUT2D eigenvalue weighted by molar-refractivity contribution is 0.102. The third kappa shape index (κ3) is 3.48. The van der Waals surface area contributed by atoms with Crippen LogP contribution in [0, 0.1) is 13.8 Å². The van der Waals surface area contributed by atoms with Crippen molar-refractivity contribution in [2.75, 3.05) is 5.32 Å². The minimum absolute atomic E-state index is 0.185. The first-order chi connectivity index (χ1) is 13.1. The average molecular weight is 360 g/mol. The fraction of sp³-hybridized carbons (Fsp3) is 0.100. The number of aromatic nitrogens is 3. The third-order valence-electron chi connectivity index (χ3n) is 4.03. The van der Waals surface area contributed by atoms with Crippen LogP contribution in [0.1, 0.15) is 21.5 Å². The van der Waals surface area contributed by atoms with Crippen molar-refractivity contribution in [1.82, 2.24) is 15.2 Å². The summed E-state index contributed by atoms with van der Waals surface area (Å²) in [5.41, 5.74) is 3.61. The van der Waals surface area contributed by atoms with Crippen LogP contribution < -0.4 is 5.32 Å². The lowest BCUT2D eigenvalue weighted by Gasteiger charge is -2.09. The van der Waals surface area contributed by atoms with Crippen molar-refractivity contribution in [3.8, 4) is 23.2 Å². The summed E-state index contributed by atoms with van der Waals surface area (Å²) in [6.45, 7) is 3.86. The van der Waals surface area contributed by atoms with E-state index in [1.54, 1.807) is 30.5 Å². The number of benzene rings is 1. The Morgan fingerprint density at radius 3 is 2.70 bits per heavy atom. The Morgan fingerprint density at radius 2 is 1.89 bits per heavy atom. The molecule has 3 aromatic heterocycles. The highest BCUT2D eigenvalue weighted by Gasteiger charge is 2.15. The van der Waals surface area contributed by atoms with E-state index in [0.717, 1.165) is 11.1 Å². The van der Waals surface area contributed by atoms with Gasteiger partial charge in [-0.25, -0.2) is 0 Å². The molecule has 134 valence electrons. The van der Waals surface area contributed by atoms with Gasteiger partial charge in [-0.05, 0) is 49.7 Å². The number of amides is 1. The number of hydrogen-bond donors (Lipinski definition) is 1. The van der Waals surface area contributed by atoms with E-state index >= 15 is 0 Å². The number of carbonyl (C=O) groups is 1. The van der Waals surface area contributed by atoms with E-state index in [1.165, 1.54) is 6.26 Å². The largest absolute Gasteiger partial charge is 0.459 e. The Balaban J connectivity index is 1.58. The summed E-state index contributed by atoms with van der Waals surface area (Å²) in [7, 11) is 0. The van der Waals surface area contributed by atoms with Crippen LogP contribution in [0.25, 0.3) is 23.2 Å². The molecule has 0 fully saturated rings. The predicted octanol–water partition coefficient (Wildman–Crippen LogP) is 4.26. The number of hydrogen-bond acceptors (Lipinski definition) is 6. The van der Waals surface area contributed by atoms with E-state index in [9.17, 15) is 4.79 Å². The van der Waals surface area contributed by atoms with Gasteiger partial charge in [-0.1, -0.05) is 17.7 Å². The average Bonchev–Trinajstić information content (AvgIpc) is 3.35. The predicted molar refractivity (Wildman–Crippen MR) is 99.1 cm³/mol. The highest BCUT2D eigenvalue weighted by molar-refractivity contribution is 6.05. The number of nitrogens with zero attached hydrogens (tertiary/aromatic N) is 3. The van der Waals surface area contributed by atoms with Crippen molar-refractivity contribution in [3.05, 3.63) is 71.6 Å². The number of rotatable bonds is 4. The van der Waals surface area contributed by atoms with Crippen molar-refractivity contribution in [1.29, 1.82) is 0 Å². The Labute approximate surface area is 155 Å². The Morgan fingerprint density at radius 1 is 1.04 bits per heavy atom. The maximum absolute atomic E-state index is 12.6. The van der Waals surface area contributed by atoms with Crippen molar-refractivity contribution in [3.63, 3.8) is 0 Å². The number of anilines is 1. The maximum atomic E-state index is 12.6. The molecule has 4 rings (SSSR count). The van der Waals surface area contributed by atoms with Gasteiger partial charge in [-0.3, -0.25) is 9.78 Å². The van der Waals surface area contributed by atoms with E-state index in [1.807, 2.05) is 32.0 Å². The first-order valence-electron chi connectivity index (χ1n) is 8.32. The summed E-state index contributed by atoms with van der Waals surface area (Å²) in [5, 5.41) is 10.8. The van der Waals surface area contributed by atoms with Crippen LogP contribution in [0.15, 0.2) is 63.8 Å². The standard InChI is InChI=1S/C20H16N4O3/c1-12-5-6-13(2)15(10-12)18(25)22-14-7-8-21-16(11-14)19-23-24-20(27-19)17-4-3-9-26-17/h3-11H,1-2H3,(H,21,22,25). The van der Waals surface area contributed by atoms with Gasteiger partial charge in [0.05, 0.1) is 6.26 Å². The van der Waals surface area contributed by atoms with E-state index in [2.05, 4.69) is 20.5 Å². The highest BCUT2D eigenvalue weighted by atomic mass is 16.4. The lowest BCUT2D eigenvalue weighted by Crippen LogP contribution is -2.13. The summed E-state index contributed by atoms with van der Waals surface area (Å²) >= 11 is 0. The van der Waals surface area contributed by atoms with Gasteiger partial charge in [0.2, 0.25) is 0 Å². The molecule has 27 heavy (non-hydrogen) atoms. The topological polar surface area (TPSA) is 94.1 Å². The van der Waals surface area contributed by atoms with Gasteiger partial charge in [0.1, 0.15) is 5.69 Å². The van der Waals surface area contributed by atoms with E-state index < -0.39 is 0 Å². The molecule has 0 radical (unpaired) electrons. The fourth-order valence-electron chi connectivity index (χ4n) is 2.63. The molecular weight excluding hydrogens is 344 g/mol. The molecule has 1 N–H and O–H groups in total. The molecule has 0 aliphatic carbocycles. The Bertz CT molecular complexity index is 1100. The molecule has 0 saturated carbocycles. The lowest BCUT2D eigenvalue weighted by atomic mass is 10.1. The molecule has 1 aromatic carbocycles. The first kappa shape index (κ1) is 16.7. The minimum Gasteiger partial charge on any atom is -0.459 e. The molecule has 0 aliphatic rings. The zero-order valence-electron chi connectivity index (χ0n) is 14.8. The zero-order chi connectivity index (χ0) is 18.8. The summed E-state index contributed by atoms with van der Waals surface area (Å²) in [6, 6.07) is 12.6. The zero-order valence-corrected chi connectivity index (χ0v) is 14.8. The van der Waals surface area contributed by atoms with E-state index in [0.29, 0.717) is 22.7 Å². The maximum Gasteiger partial charge on any atom is 0.283 e. The smallest absolute Gasteiger partial charge is 0.283 e. The first-order valence-corrected chi connectivity index (χ1v) is 8.32. The fourth-order valence-corrected chi connectivity index (χ4v) is 2.63. The van der Waals surface area contributed by atoms with E-state index in [-0.39, 0.29) is 17.7 Å². The molecule has 3 heterocycles. The molecule has 0 unspecified atom stereocenters. The molecule has 0 aliphatic heterocycles. The van der Waals surface area contributed by atoms with Gasteiger partial charge in [-0.15, -0.1) is 10.2 Å². The van der Waals surface area contributed by atoms with Crippen LogP contribution in [0.2, 0.25) is 0 Å². The number of nitrogens with one attached hydrogen (secondary N) is 1. The molecule has 1 amide bonds. The Kier molecular flexibility index (Phi) is 4.25. The van der Waals surface area contributed by atoms with Gasteiger partial charge in [0, 0.05) is 17.4 Å². The van der Waals surface area contributed by atoms with Crippen LogP contribution in [0.3, 0.4) is 0 Å². The second-order valence-electron chi connectivity index (χ2n) is 6.09. The molecule has 7 nitrogen and oxygen atoms in total. The van der Waals surface area contributed by atoms with Crippen molar-refractivity contribution in [2.45, 2.75) is 13.8 Å². The monoisotopic (exact) mass is 360 g/mol. The van der Waals surface area contributed by atoms with Gasteiger partial charge < -0.3 is 14.2 Å². The summed E-state index contributed by atoms with van der Waals surface area (Å²) in [4.78, 5) is 16.8. The molecule has 4 aromatic rings. The van der Waals surface area contributed by atoms with E-state index in [4.69, 9.17) is 8.83 Å². The molecule has 7 heteroatoms. The van der Waals surface area contributed by atoms with Crippen molar-refractivity contribution in [2.24, 2.45) is 0 Å². The number of furan rings is 1. The van der Waals surface area contributed by atoms with Crippen LogP contribution in [0.5, 0.6) is 0 Å². The third-order valence-corrected chi connectivity index (χ3v) is 4.03. The van der Waals surface area contributed by atoms with Crippen molar-refractivity contribution < 1.29 is 13.6 Å². The van der Waals surface area contributed by atoms with Crippen molar-refractivity contribution >= 4 is 11.6 Å². The number of pyridine rings is 1. The van der Waals surface area contributed by atoms with Gasteiger partial charge >= 0.3 is 0 Å². The second-order valence-corrected chi connectivity index (χ2v) is 6.09. The van der Waals surface area contributed by atoms with Gasteiger partial charge in [-0.2, -0.15) is 0 Å². The SMILES string of the molecule is Cc1ccc(C)c(C(=O)Nc2ccnc(-c3nnc(-c4ccco4)o3)c2)c1.